The highest BCUT2D eigenvalue weighted by molar-refractivity contribution is 6.36. The van der Waals surface area contributed by atoms with Gasteiger partial charge in [0, 0.05) is 6.54 Å². The summed E-state index contributed by atoms with van der Waals surface area (Å²) >= 11 is 0. The summed E-state index contributed by atoms with van der Waals surface area (Å²) < 4.78 is 9.87. The van der Waals surface area contributed by atoms with E-state index < -0.39 is 41.7 Å². The number of ether oxygens (including phenoxy) is 1. The van der Waals surface area contributed by atoms with Gasteiger partial charge in [-0.1, -0.05) is 27.7 Å². The van der Waals surface area contributed by atoms with Gasteiger partial charge in [0.25, 0.3) is 11.7 Å². The standard InChI is InChI=1S/C23H33N3O7/c1-6-32-23(31)19(27)17(13(2)3)24-20(28)15-9-7-11-26(15)22(30)18(14(4)5)25-21(29)16-10-8-12-33-16/h8,10,12-15,17-18H,6-7,9,11H2,1-5H3,(H,24,28)(H,25,29)/t15-,17?,18-/m0/s1. The summed E-state index contributed by atoms with van der Waals surface area (Å²) in [6, 6.07) is 0.336. The van der Waals surface area contributed by atoms with Gasteiger partial charge in [0.05, 0.1) is 12.9 Å². The first-order valence-electron chi connectivity index (χ1n) is 11.2. The van der Waals surface area contributed by atoms with E-state index in [1.54, 1.807) is 40.7 Å². The molecule has 1 aromatic heterocycles. The van der Waals surface area contributed by atoms with Gasteiger partial charge in [-0.25, -0.2) is 4.79 Å². The van der Waals surface area contributed by atoms with Crippen molar-refractivity contribution in [3.05, 3.63) is 24.2 Å². The Bertz CT molecular complexity index is 863. The van der Waals surface area contributed by atoms with Crippen molar-refractivity contribution in [2.45, 2.75) is 65.6 Å². The molecule has 10 heteroatoms. The van der Waals surface area contributed by atoms with E-state index in [-0.39, 0.29) is 30.1 Å². The normalized spacial score (nSPS) is 17.5. The fourth-order valence-electron chi connectivity index (χ4n) is 3.73. The number of carbonyl (C=O) groups is 5. The highest BCUT2D eigenvalue weighted by atomic mass is 16.5. The second kappa shape index (κ2) is 11.6. The summed E-state index contributed by atoms with van der Waals surface area (Å²) in [5, 5.41) is 5.32. The molecule has 3 atom stereocenters. The third kappa shape index (κ3) is 6.43. The summed E-state index contributed by atoms with van der Waals surface area (Å²) in [7, 11) is 0. The Morgan fingerprint density at radius 2 is 1.76 bits per heavy atom. The Balaban J connectivity index is 2.14. The van der Waals surface area contributed by atoms with E-state index in [2.05, 4.69) is 10.6 Å². The minimum atomic E-state index is -1.06. The first kappa shape index (κ1) is 26.1. The van der Waals surface area contributed by atoms with E-state index in [1.807, 2.05) is 0 Å². The van der Waals surface area contributed by atoms with Crippen molar-refractivity contribution in [1.82, 2.24) is 15.5 Å². The number of hydrogen-bond donors (Lipinski definition) is 2. The largest absolute Gasteiger partial charge is 0.460 e. The van der Waals surface area contributed by atoms with Crippen molar-refractivity contribution >= 4 is 29.5 Å². The quantitative estimate of drug-likeness (QED) is 0.394. The van der Waals surface area contributed by atoms with E-state index >= 15 is 0 Å². The average Bonchev–Trinajstić information content (AvgIpc) is 3.46. The number of carbonyl (C=O) groups excluding carboxylic acids is 5. The van der Waals surface area contributed by atoms with Gasteiger partial charge in [0.15, 0.2) is 5.76 Å². The van der Waals surface area contributed by atoms with Crippen molar-refractivity contribution in [3.8, 4) is 0 Å². The lowest BCUT2D eigenvalue weighted by molar-refractivity contribution is -0.155. The molecule has 1 fully saturated rings. The summed E-state index contributed by atoms with van der Waals surface area (Å²) in [5.74, 6) is -3.77. The van der Waals surface area contributed by atoms with Crippen LogP contribution in [0.15, 0.2) is 22.8 Å². The fraction of sp³-hybridized carbons (Fsp3) is 0.609. The second-order valence-electron chi connectivity index (χ2n) is 8.68. The molecule has 0 radical (unpaired) electrons. The van der Waals surface area contributed by atoms with Gasteiger partial charge in [-0.05, 0) is 43.7 Å². The van der Waals surface area contributed by atoms with E-state index in [9.17, 15) is 24.0 Å². The monoisotopic (exact) mass is 463 g/mol. The molecule has 0 spiro atoms. The van der Waals surface area contributed by atoms with Crippen LogP contribution in [0, 0.1) is 11.8 Å². The van der Waals surface area contributed by atoms with E-state index in [0.29, 0.717) is 19.4 Å². The van der Waals surface area contributed by atoms with Crippen LogP contribution < -0.4 is 10.6 Å². The third-order valence-corrected chi connectivity index (χ3v) is 5.53. The summed E-state index contributed by atoms with van der Waals surface area (Å²) in [6.45, 7) is 8.98. The maximum absolute atomic E-state index is 13.3. The molecule has 1 saturated heterocycles. The predicted octanol–water partition coefficient (Wildman–Crippen LogP) is 1.30. The van der Waals surface area contributed by atoms with Crippen LogP contribution in [0.1, 0.15) is 58.0 Å². The molecule has 1 aliphatic rings. The second-order valence-corrected chi connectivity index (χ2v) is 8.68. The Kier molecular flexibility index (Phi) is 9.19. The molecule has 0 aliphatic carbocycles. The van der Waals surface area contributed by atoms with Crippen LogP contribution in [0.4, 0.5) is 0 Å². The van der Waals surface area contributed by atoms with Crippen molar-refractivity contribution < 1.29 is 33.1 Å². The van der Waals surface area contributed by atoms with E-state index in [4.69, 9.17) is 9.15 Å². The summed E-state index contributed by atoms with van der Waals surface area (Å²) in [6.07, 6.45) is 2.37. The molecule has 2 rings (SSSR count). The number of ketones is 1. The zero-order valence-corrected chi connectivity index (χ0v) is 19.8. The Morgan fingerprint density at radius 1 is 1.09 bits per heavy atom. The fourth-order valence-corrected chi connectivity index (χ4v) is 3.73. The van der Waals surface area contributed by atoms with Crippen LogP contribution in [-0.4, -0.2) is 65.7 Å². The van der Waals surface area contributed by atoms with Gasteiger partial charge in [-0.2, -0.15) is 0 Å². The Morgan fingerprint density at radius 3 is 2.30 bits per heavy atom. The molecule has 1 aliphatic heterocycles. The highest BCUT2D eigenvalue weighted by Crippen LogP contribution is 2.21. The molecule has 10 nitrogen and oxygen atoms in total. The lowest BCUT2D eigenvalue weighted by atomic mass is 9.98. The number of hydrogen-bond acceptors (Lipinski definition) is 7. The van der Waals surface area contributed by atoms with Crippen LogP contribution >= 0.6 is 0 Å². The molecule has 0 bridgehead atoms. The lowest BCUT2D eigenvalue weighted by Crippen LogP contribution is -2.57. The SMILES string of the molecule is CCOC(=O)C(=O)C(NC(=O)[C@@H]1CCCN1C(=O)[C@@H](NC(=O)c1ccco1)C(C)C)C(C)C. The van der Waals surface area contributed by atoms with Gasteiger partial charge < -0.3 is 24.7 Å². The Labute approximate surface area is 193 Å². The van der Waals surface area contributed by atoms with Gasteiger partial charge in [0.1, 0.15) is 18.1 Å². The number of Topliss-reactive ketones (excluding diaryl/α,β-unsaturated/α-hetero) is 1. The number of esters is 1. The number of furan rings is 1. The maximum atomic E-state index is 13.3. The van der Waals surface area contributed by atoms with Gasteiger partial charge >= 0.3 is 5.97 Å². The molecule has 0 saturated carbocycles. The molecule has 3 amide bonds. The smallest absolute Gasteiger partial charge is 0.376 e. The molecular weight excluding hydrogens is 430 g/mol. The molecule has 2 N–H and O–H groups in total. The first-order valence-corrected chi connectivity index (χ1v) is 11.2. The van der Waals surface area contributed by atoms with Crippen molar-refractivity contribution in [2.24, 2.45) is 11.8 Å². The van der Waals surface area contributed by atoms with Crippen LogP contribution in [0.5, 0.6) is 0 Å². The van der Waals surface area contributed by atoms with Crippen LogP contribution in [0.25, 0.3) is 0 Å². The molecular formula is C23H33N3O7. The highest BCUT2D eigenvalue weighted by Gasteiger charge is 2.41. The van der Waals surface area contributed by atoms with E-state index in [1.165, 1.54) is 17.2 Å². The lowest BCUT2D eigenvalue weighted by Gasteiger charge is -2.31. The van der Waals surface area contributed by atoms with Crippen LogP contribution in [0.2, 0.25) is 0 Å². The molecule has 1 unspecified atom stereocenters. The predicted molar refractivity (Wildman–Crippen MR) is 118 cm³/mol. The number of nitrogens with zero attached hydrogens (tertiary/aromatic N) is 1. The van der Waals surface area contributed by atoms with Crippen LogP contribution in [-0.2, 0) is 23.9 Å². The number of amides is 3. The molecule has 1 aromatic rings. The van der Waals surface area contributed by atoms with Gasteiger partial charge in [-0.15, -0.1) is 0 Å². The van der Waals surface area contributed by atoms with Crippen molar-refractivity contribution in [2.75, 3.05) is 13.2 Å². The number of rotatable bonds is 10. The minimum absolute atomic E-state index is 0.0502. The molecule has 33 heavy (non-hydrogen) atoms. The minimum Gasteiger partial charge on any atom is -0.460 e. The summed E-state index contributed by atoms with van der Waals surface area (Å²) in [4.78, 5) is 64.6. The zero-order valence-electron chi connectivity index (χ0n) is 19.8. The molecule has 2 heterocycles. The first-order chi connectivity index (χ1) is 15.6. The molecule has 182 valence electrons. The van der Waals surface area contributed by atoms with Crippen LogP contribution in [0.3, 0.4) is 0 Å². The number of likely N-dealkylation sites (tertiary alicyclic amines) is 1. The molecule has 0 aromatic carbocycles. The Hall–Kier alpha value is -3.17. The van der Waals surface area contributed by atoms with E-state index in [0.717, 1.165) is 0 Å². The third-order valence-electron chi connectivity index (χ3n) is 5.53. The van der Waals surface area contributed by atoms with Gasteiger partial charge in [-0.3, -0.25) is 19.2 Å². The average molecular weight is 464 g/mol. The van der Waals surface area contributed by atoms with Gasteiger partial charge in [0.2, 0.25) is 11.8 Å². The zero-order chi connectivity index (χ0) is 24.7. The maximum Gasteiger partial charge on any atom is 0.376 e. The number of nitrogens with one attached hydrogen (secondary N) is 2. The van der Waals surface area contributed by atoms with Crippen molar-refractivity contribution in [1.29, 1.82) is 0 Å². The topological polar surface area (TPSA) is 135 Å². The van der Waals surface area contributed by atoms with Crippen molar-refractivity contribution in [3.63, 3.8) is 0 Å². The summed E-state index contributed by atoms with van der Waals surface area (Å²) in [5.41, 5.74) is 0.